The zero-order valence-corrected chi connectivity index (χ0v) is 13.1. The predicted octanol–water partition coefficient (Wildman–Crippen LogP) is 4.48. The van der Waals surface area contributed by atoms with Crippen molar-refractivity contribution in [3.8, 4) is 0 Å². The van der Waals surface area contributed by atoms with Crippen molar-refractivity contribution < 1.29 is 13.2 Å². The fraction of sp³-hybridized carbons (Fsp3) is 0.375. The lowest BCUT2D eigenvalue weighted by Gasteiger charge is -2.18. The molecule has 1 heterocycles. The fourth-order valence-corrected chi connectivity index (χ4v) is 2.06. The zero-order valence-electron chi connectivity index (χ0n) is 13.1. The molecule has 0 spiro atoms. The first kappa shape index (κ1) is 17.1. The van der Waals surface area contributed by atoms with Crippen LogP contribution in [0.2, 0.25) is 0 Å². The summed E-state index contributed by atoms with van der Waals surface area (Å²) in [5.74, 6) is 1.18. The molecule has 7 heteroatoms. The molecule has 4 nitrogen and oxygen atoms in total. The molecular weight excluding hydrogens is 305 g/mol. The topological polar surface area (TPSA) is 41.0 Å². The van der Waals surface area contributed by atoms with Crippen LogP contribution in [0, 0.1) is 0 Å². The van der Waals surface area contributed by atoms with Crippen molar-refractivity contribution in [3.63, 3.8) is 0 Å². The van der Waals surface area contributed by atoms with Crippen LogP contribution in [-0.4, -0.2) is 23.6 Å². The second-order valence-corrected chi connectivity index (χ2v) is 5.24. The molecule has 0 unspecified atom stereocenters. The zero-order chi connectivity index (χ0) is 16.9. The standard InChI is InChI=1S/C16H19F3N4/c1-3-4-8-23(2)15-10-14(20-11-21-15)22-13-7-5-6-12(9-13)16(17,18)19/h5-7,9-11H,3-4,8H2,1-2H3,(H,20,21,22). The van der Waals surface area contributed by atoms with E-state index >= 15 is 0 Å². The smallest absolute Gasteiger partial charge is 0.360 e. The highest BCUT2D eigenvalue weighted by Gasteiger charge is 2.30. The number of nitrogens with one attached hydrogen (secondary N) is 1. The molecule has 0 bridgehead atoms. The Kier molecular flexibility index (Phi) is 5.41. The molecule has 0 saturated heterocycles. The molecule has 1 N–H and O–H groups in total. The molecule has 2 aromatic rings. The summed E-state index contributed by atoms with van der Waals surface area (Å²) in [4.78, 5) is 10.2. The van der Waals surface area contributed by atoms with Gasteiger partial charge in [0.05, 0.1) is 5.56 Å². The first-order chi connectivity index (χ1) is 10.9. The number of alkyl halides is 3. The van der Waals surface area contributed by atoms with Gasteiger partial charge in [0.2, 0.25) is 0 Å². The highest BCUT2D eigenvalue weighted by molar-refractivity contribution is 5.60. The third kappa shape index (κ3) is 4.84. The Hall–Kier alpha value is -2.31. The Bertz CT molecular complexity index is 643. The molecule has 1 aromatic carbocycles. The normalized spacial score (nSPS) is 11.3. The molecule has 2 rings (SSSR count). The van der Waals surface area contributed by atoms with Gasteiger partial charge in [0.15, 0.2) is 0 Å². The van der Waals surface area contributed by atoms with Gasteiger partial charge in [-0.25, -0.2) is 9.97 Å². The lowest BCUT2D eigenvalue weighted by molar-refractivity contribution is -0.137. The van der Waals surface area contributed by atoms with Crippen molar-refractivity contribution in [2.75, 3.05) is 23.8 Å². The van der Waals surface area contributed by atoms with Crippen LogP contribution in [0.15, 0.2) is 36.7 Å². The van der Waals surface area contributed by atoms with Crippen LogP contribution in [0.5, 0.6) is 0 Å². The van der Waals surface area contributed by atoms with Crippen molar-refractivity contribution >= 4 is 17.3 Å². The minimum atomic E-state index is -4.37. The van der Waals surface area contributed by atoms with Gasteiger partial charge in [-0.2, -0.15) is 13.2 Å². The van der Waals surface area contributed by atoms with Gasteiger partial charge in [-0.05, 0) is 24.6 Å². The van der Waals surface area contributed by atoms with Crippen molar-refractivity contribution in [3.05, 3.63) is 42.2 Å². The number of hydrogen-bond acceptors (Lipinski definition) is 4. The van der Waals surface area contributed by atoms with E-state index in [-0.39, 0.29) is 0 Å². The van der Waals surface area contributed by atoms with Crippen LogP contribution >= 0.6 is 0 Å². The average molecular weight is 324 g/mol. The first-order valence-electron chi connectivity index (χ1n) is 7.37. The van der Waals surface area contributed by atoms with Crippen LogP contribution in [0.25, 0.3) is 0 Å². The Labute approximate surface area is 133 Å². The van der Waals surface area contributed by atoms with Gasteiger partial charge in [0, 0.05) is 25.3 Å². The van der Waals surface area contributed by atoms with E-state index in [0.29, 0.717) is 11.5 Å². The summed E-state index contributed by atoms with van der Waals surface area (Å²) in [6.45, 7) is 2.96. The maximum Gasteiger partial charge on any atom is 0.416 e. The van der Waals surface area contributed by atoms with Crippen LogP contribution < -0.4 is 10.2 Å². The minimum absolute atomic E-state index is 0.334. The Morgan fingerprint density at radius 1 is 1.17 bits per heavy atom. The third-order valence-electron chi connectivity index (χ3n) is 3.35. The van der Waals surface area contributed by atoms with E-state index in [0.717, 1.165) is 37.3 Å². The monoisotopic (exact) mass is 324 g/mol. The summed E-state index contributed by atoms with van der Waals surface area (Å²) in [6.07, 6.45) is -0.857. The number of benzene rings is 1. The summed E-state index contributed by atoms with van der Waals surface area (Å²) in [5.41, 5.74) is -0.363. The maximum atomic E-state index is 12.7. The van der Waals surface area contributed by atoms with Crippen LogP contribution in [0.3, 0.4) is 0 Å². The van der Waals surface area contributed by atoms with Gasteiger partial charge in [0.1, 0.15) is 18.0 Å². The first-order valence-corrected chi connectivity index (χ1v) is 7.37. The average Bonchev–Trinajstić information content (AvgIpc) is 2.52. The summed E-state index contributed by atoms with van der Waals surface area (Å²) >= 11 is 0. The second-order valence-electron chi connectivity index (χ2n) is 5.24. The highest BCUT2D eigenvalue weighted by Crippen LogP contribution is 2.31. The molecule has 0 aliphatic heterocycles. The van der Waals surface area contributed by atoms with Crippen molar-refractivity contribution in [1.29, 1.82) is 0 Å². The summed E-state index contributed by atoms with van der Waals surface area (Å²) < 4.78 is 38.2. The number of unbranched alkanes of at least 4 members (excludes halogenated alkanes) is 1. The molecule has 0 radical (unpaired) electrons. The van der Waals surface area contributed by atoms with E-state index in [9.17, 15) is 13.2 Å². The molecule has 0 saturated carbocycles. The van der Waals surface area contributed by atoms with Crippen molar-refractivity contribution in [2.45, 2.75) is 25.9 Å². The van der Waals surface area contributed by atoms with Gasteiger partial charge in [0.25, 0.3) is 0 Å². The van der Waals surface area contributed by atoms with Crippen LogP contribution in [0.1, 0.15) is 25.3 Å². The highest BCUT2D eigenvalue weighted by atomic mass is 19.4. The molecule has 0 fully saturated rings. The molecule has 0 atom stereocenters. The minimum Gasteiger partial charge on any atom is -0.360 e. The van der Waals surface area contributed by atoms with Crippen molar-refractivity contribution in [2.24, 2.45) is 0 Å². The SMILES string of the molecule is CCCCN(C)c1cc(Nc2cccc(C(F)(F)F)c2)ncn1. The number of halogens is 3. The molecule has 1 aromatic heterocycles. The van der Waals surface area contributed by atoms with Gasteiger partial charge >= 0.3 is 6.18 Å². The van der Waals surface area contributed by atoms with Crippen molar-refractivity contribution in [1.82, 2.24) is 9.97 Å². The van der Waals surface area contributed by atoms with Gasteiger partial charge in [-0.1, -0.05) is 19.4 Å². The van der Waals surface area contributed by atoms with Crippen LogP contribution in [0.4, 0.5) is 30.5 Å². The molecular formula is C16H19F3N4. The summed E-state index contributed by atoms with van der Waals surface area (Å²) in [7, 11) is 1.92. The quantitative estimate of drug-likeness (QED) is 0.851. The molecule has 23 heavy (non-hydrogen) atoms. The van der Waals surface area contributed by atoms with E-state index in [4.69, 9.17) is 0 Å². The Morgan fingerprint density at radius 3 is 2.65 bits per heavy atom. The third-order valence-corrected chi connectivity index (χ3v) is 3.35. The van der Waals surface area contributed by atoms with Gasteiger partial charge in [-0.15, -0.1) is 0 Å². The summed E-state index contributed by atoms with van der Waals surface area (Å²) in [5, 5.41) is 2.89. The van der Waals surface area contributed by atoms with E-state index < -0.39 is 11.7 Å². The number of anilines is 3. The van der Waals surface area contributed by atoms with Crippen LogP contribution in [-0.2, 0) is 6.18 Å². The lowest BCUT2D eigenvalue weighted by atomic mass is 10.2. The number of hydrogen-bond donors (Lipinski definition) is 1. The number of rotatable bonds is 6. The largest absolute Gasteiger partial charge is 0.416 e. The Morgan fingerprint density at radius 2 is 1.96 bits per heavy atom. The van der Waals surface area contributed by atoms with E-state index in [1.807, 2.05) is 11.9 Å². The van der Waals surface area contributed by atoms with E-state index in [1.54, 1.807) is 12.1 Å². The van der Waals surface area contributed by atoms with Gasteiger partial charge < -0.3 is 10.2 Å². The molecule has 124 valence electrons. The lowest BCUT2D eigenvalue weighted by Crippen LogP contribution is -2.19. The number of nitrogens with zero attached hydrogens (tertiary/aromatic N) is 3. The molecule has 0 amide bonds. The predicted molar refractivity (Wildman–Crippen MR) is 84.9 cm³/mol. The Balaban J connectivity index is 2.14. The molecule has 0 aliphatic rings. The maximum absolute atomic E-state index is 12.7. The fourth-order valence-electron chi connectivity index (χ4n) is 2.06. The summed E-state index contributed by atoms with van der Waals surface area (Å²) in [6, 6.07) is 6.74. The van der Waals surface area contributed by atoms with E-state index in [2.05, 4.69) is 22.2 Å². The second kappa shape index (κ2) is 7.30. The number of aromatic nitrogens is 2. The van der Waals surface area contributed by atoms with E-state index in [1.165, 1.54) is 12.4 Å². The van der Waals surface area contributed by atoms with Gasteiger partial charge in [-0.3, -0.25) is 0 Å². The molecule has 0 aliphatic carbocycles.